The predicted molar refractivity (Wildman–Crippen MR) is 150 cm³/mol. The highest BCUT2D eigenvalue weighted by atomic mass is 16.5. The van der Waals surface area contributed by atoms with Gasteiger partial charge in [0.25, 0.3) is 0 Å². The first-order chi connectivity index (χ1) is 19.4. The first-order valence-electron chi connectivity index (χ1n) is 13.7. The maximum absolute atomic E-state index is 13.6. The minimum atomic E-state index is -0.983. The molecule has 3 atom stereocenters. The Bertz CT molecular complexity index is 1310. The molecule has 2 amide bonds. The summed E-state index contributed by atoms with van der Waals surface area (Å²) in [5.74, 6) is -1.40. The van der Waals surface area contributed by atoms with Gasteiger partial charge in [-0.2, -0.15) is 0 Å². The molecule has 1 aliphatic heterocycles. The largest absolute Gasteiger partial charge is 0.481 e. The molecule has 3 aromatic rings. The summed E-state index contributed by atoms with van der Waals surface area (Å²) < 4.78 is 11.7. The van der Waals surface area contributed by atoms with Gasteiger partial charge in [0.2, 0.25) is 5.91 Å². The molecule has 1 saturated heterocycles. The van der Waals surface area contributed by atoms with Gasteiger partial charge >= 0.3 is 12.1 Å². The van der Waals surface area contributed by atoms with Crippen molar-refractivity contribution in [1.82, 2.24) is 10.2 Å². The second kappa shape index (κ2) is 12.3. The van der Waals surface area contributed by atoms with Crippen molar-refractivity contribution < 1.29 is 29.0 Å². The van der Waals surface area contributed by atoms with Gasteiger partial charge in [-0.3, -0.25) is 9.59 Å². The van der Waals surface area contributed by atoms with E-state index in [2.05, 4.69) is 17.4 Å². The highest BCUT2D eigenvalue weighted by molar-refractivity contribution is 5.87. The third kappa shape index (κ3) is 6.18. The molecule has 1 heterocycles. The molecule has 8 heteroatoms. The van der Waals surface area contributed by atoms with E-state index in [0.29, 0.717) is 19.5 Å². The monoisotopic (exact) mass is 542 g/mol. The van der Waals surface area contributed by atoms with Crippen LogP contribution >= 0.6 is 0 Å². The molecule has 2 aliphatic rings. The Labute approximate surface area is 233 Å². The average molecular weight is 543 g/mol. The number of hydrogen-bond donors (Lipinski definition) is 2. The Balaban J connectivity index is 1.26. The maximum Gasteiger partial charge on any atom is 0.407 e. The summed E-state index contributed by atoms with van der Waals surface area (Å²) in [5, 5.41) is 11.9. The summed E-state index contributed by atoms with van der Waals surface area (Å²) >= 11 is 0. The number of carbonyl (C=O) groups excluding carboxylic acids is 2. The van der Waals surface area contributed by atoms with Gasteiger partial charge in [-0.25, -0.2) is 4.79 Å². The molecule has 0 aromatic heterocycles. The summed E-state index contributed by atoms with van der Waals surface area (Å²) in [6.07, 6.45) is -0.730. The van der Waals surface area contributed by atoms with Crippen LogP contribution in [-0.2, 0) is 25.7 Å². The Hall–Kier alpha value is -4.17. The third-order valence-corrected chi connectivity index (χ3v) is 7.77. The SMILES string of the molecule is CC(OCc1ccccc1)C(NC(=O)OCC1c2ccccc2-c2ccccc21)C(=O)N1CCC(CC(=O)O)C1. The number of nitrogens with zero attached hydrogens (tertiary/aromatic N) is 1. The van der Waals surface area contributed by atoms with Crippen LogP contribution in [0.25, 0.3) is 11.1 Å². The highest BCUT2D eigenvalue weighted by Crippen LogP contribution is 2.44. The lowest BCUT2D eigenvalue weighted by molar-refractivity contribution is -0.139. The zero-order valence-electron chi connectivity index (χ0n) is 22.5. The zero-order chi connectivity index (χ0) is 28.1. The van der Waals surface area contributed by atoms with E-state index in [1.165, 1.54) is 0 Å². The number of carboxylic acid groups (broad SMARTS) is 1. The second-order valence-electron chi connectivity index (χ2n) is 10.5. The molecule has 0 radical (unpaired) electrons. The van der Waals surface area contributed by atoms with Crippen molar-refractivity contribution in [3.63, 3.8) is 0 Å². The van der Waals surface area contributed by atoms with Crippen molar-refractivity contribution in [3.05, 3.63) is 95.6 Å². The van der Waals surface area contributed by atoms with Gasteiger partial charge < -0.3 is 24.8 Å². The van der Waals surface area contributed by atoms with E-state index in [1.54, 1.807) is 11.8 Å². The number of alkyl carbamates (subject to hydrolysis) is 1. The smallest absolute Gasteiger partial charge is 0.407 e. The van der Waals surface area contributed by atoms with E-state index < -0.39 is 24.2 Å². The van der Waals surface area contributed by atoms with Crippen molar-refractivity contribution >= 4 is 18.0 Å². The molecule has 1 aliphatic carbocycles. The van der Waals surface area contributed by atoms with E-state index in [1.807, 2.05) is 66.7 Å². The van der Waals surface area contributed by atoms with Crippen LogP contribution < -0.4 is 5.32 Å². The number of amides is 2. The molecule has 1 fully saturated rings. The molecule has 40 heavy (non-hydrogen) atoms. The van der Waals surface area contributed by atoms with Gasteiger partial charge in [0.05, 0.1) is 12.7 Å². The van der Waals surface area contributed by atoms with Crippen LogP contribution in [0, 0.1) is 5.92 Å². The van der Waals surface area contributed by atoms with Crippen molar-refractivity contribution in [3.8, 4) is 11.1 Å². The van der Waals surface area contributed by atoms with Gasteiger partial charge in [-0.1, -0.05) is 78.9 Å². The molecule has 0 saturated carbocycles. The summed E-state index contributed by atoms with van der Waals surface area (Å²) in [4.78, 5) is 39.5. The number of nitrogens with one attached hydrogen (secondary N) is 1. The van der Waals surface area contributed by atoms with Crippen LogP contribution in [-0.4, -0.2) is 59.8 Å². The second-order valence-corrected chi connectivity index (χ2v) is 10.5. The quantitative estimate of drug-likeness (QED) is 0.381. The first kappa shape index (κ1) is 27.4. The Morgan fingerprint density at radius 1 is 0.950 bits per heavy atom. The standard InChI is InChI=1S/C32H34N2O6/c1-21(39-19-22-9-3-2-4-10-22)30(31(37)34-16-15-23(18-34)17-29(35)36)33-32(38)40-20-28-26-13-7-5-11-24(26)25-12-6-8-14-27(25)28/h2-14,21,23,28,30H,15-20H2,1H3,(H,33,38)(H,35,36). The number of carboxylic acids is 1. The fraction of sp³-hybridized carbons (Fsp3) is 0.344. The molecule has 2 N–H and O–H groups in total. The fourth-order valence-electron chi connectivity index (χ4n) is 5.69. The summed E-state index contributed by atoms with van der Waals surface area (Å²) in [5.41, 5.74) is 5.42. The van der Waals surface area contributed by atoms with E-state index in [9.17, 15) is 14.4 Å². The average Bonchev–Trinajstić information content (AvgIpc) is 3.56. The number of ether oxygens (including phenoxy) is 2. The van der Waals surface area contributed by atoms with Crippen LogP contribution in [0.15, 0.2) is 78.9 Å². The summed E-state index contributed by atoms with van der Waals surface area (Å²) in [6, 6.07) is 24.8. The predicted octanol–water partition coefficient (Wildman–Crippen LogP) is 4.82. The number of hydrogen-bond acceptors (Lipinski definition) is 5. The van der Waals surface area contributed by atoms with Gasteiger partial charge in [-0.05, 0) is 47.1 Å². The lowest BCUT2D eigenvalue weighted by atomic mass is 9.98. The lowest BCUT2D eigenvalue weighted by Crippen LogP contribution is -2.54. The topological polar surface area (TPSA) is 105 Å². The molecule has 8 nitrogen and oxygen atoms in total. The lowest BCUT2D eigenvalue weighted by Gasteiger charge is -2.28. The number of rotatable bonds is 10. The number of likely N-dealkylation sites (tertiary alicyclic amines) is 1. The number of fused-ring (bicyclic) bond motifs is 3. The van der Waals surface area contributed by atoms with E-state index in [0.717, 1.165) is 27.8 Å². The molecule has 0 spiro atoms. The zero-order valence-corrected chi connectivity index (χ0v) is 22.5. The minimum absolute atomic E-state index is 0.00825. The van der Waals surface area contributed by atoms with Crippen molar-refractivity contribution in [2.75, 3.05) is 19.7 Å². The van der Waals surface area contributed by atoms with Crippen LogP contribution in [0.5, 0.6) is 0 Å². The number of aliphatic carboxylic acids is 1. The van der Waals surface area contributed by atoms with Crippen LogP contribution in [0.2, 0.25) is 0 Å². The molecule has 3 unspecified atom stereocenters. The van der Waals surface area contributed by atoms with E-state index >= 15 is 0 Å². The summed E-state index contributed by atoms with van der Waals surface area (Å²) in [6.45, 7) is 2.93. The van der Waals surface area contributed by atoms with Gasteiger partial charge in [-0.15, -0.1) is 0 Å². The van der Waals surface area contributed by atoms with E-state index in [-0.39, 0.29) is 37.4 Å². The minimum Gasteiger partial charge on any atom is -0.481 e. The number of carbonyl (C=O) groups is 3. The van der Waals surface area contributed by atoms with Gasteiger partial charge in [0, 0.05) is 25.4 Å². The van der Waals surface area contributed by atoms with Crippen molar-refractivity contribution in [2.24, 2.45) is 5.92 Å². The molecular weight excluding hydrogens is 508 g/mol. The van der Waals surface area contributed by atoms with Crippen LogP contribution in [0.1, 0.15) is 42.4 Å². The highest BCUT2D eigenvalue weighted by Gasteiger charge is 2.36. The molecular formula is C32H34N2O6. The molecule has 208 valence electrons. The van der Waals surface area contributed by atoms with Gasteiger partial charge in [0.1, 0.15) is 12.6 Å². The summed E-state index contributed by atoms with van der Waals surface area (Å²) in [7, 11) is 0. The first-order valence-corrected chi connectivity index (χ1v) is 13.7. The number of benzene rings is 3. The fourth-order valence-corrected chi connectivity index (χ4v) is 5.69. The van der Waals surface area contributed by atoms with E-state index in [4.69, 9.17) is 14.6 Å². The van der Waals surface area contributed by atoms with Gasteiger partial charge in [0.15, 0.2) is 0 Å². The normalized spacial score (nSPS) is 17.5. The Kier molecular flexibility index (Phi) is 8.45. The van der Waals surface area contributed by atoms with Crippen LogP contribution in [0.3, 0.4) is 0 Å². The van der Waals surface area contributed by atoms with Crippen LogP contribution in [0.4, 0.5) is 4.79 Å². The third-order valence-electron chi connectivity index (χ3n) is 7.77. The van der Waals surface area contributed by atoms with Crippen molar-refractivity contribution in [2.45, 2.75) is 44.4 Å². The molecule has 0 bridgehead atoms. The Morgan fingerprint density at radius 2 is 1.57 bits per heavy atom. The van der Waals surface area contributed by atoms with Crippen molar-refractivity contribution in [1.29, 1.82) is 0 Å². The molecule has 5 rings (SSSR count). The maximum atomic E-state index is 13.6. The Morgan fingerprint density at radius 3 is 2.23 bits per heavy atom. The molecule has 3 aromatic carbocycles.